The Labute approximate surface area is 99.3 Å². The van der Waals surface area contributed by atoms with E-state index in [0.29, 0.717) is 0 Å². The molecule has 0 bridgehead atoms. The van der Waals surface area contributed by atoms with Gasteiger partial charge in [-0.15, -0.1) is 10.1 Å². The molecule has 0 aliphatic carbocycles. The monoisotopic (exact) mass is 243 g/mol. The van der Waals surface area contributed by atoms with Gasteiger partial charge in [-0.05, 0) is 30.7 Å². The van der Waals surface area contributed by atoms with E-state index in [-0.39, 0.29) is 0 Å². The highest BCUT2D eigenvalue weighted by Gasteiger charge is 1.92. The zero-order valence-corrected chi connectivity index (χ0v) is 9.63. The molecule has 96 valence electrons. The number of nitrogens with zero attached hydrogens (tertiary/aromatic N) is 1. The average molecular weight is 243 g/mol. The predicted molar refractivity (Wildman–Crippen MR) is 63.4 cm³/mol. The Morgan fingerprint density at radius 3 is 2.41 bits per heavy atom. The van der Waals surface area contributed by atoms with Gasteiger partial charge in [0.2, 0.25) is 0 Å². The molecule has 7 nitrogen and oxygen atoms in total. The highest BCUT2D eigenvalue weighted by molar-refractivity contribution is 5.44. The summed E-state index contributed by atoms with van der Waals surface area (Å²) >= 11 is 0. The van der Waals surface area contributed by atoms with Crippen molar-refractivity contribution in [1.82, 2.24) is 0 Å². The summed E-state index contributed by atoms with van der Waals surface area (Å²) in [6, 6.07) is 7.60. The predicted octanol–water partition coefficient (Wildman–Crippen LogP) is 1.80. The van der Waals surface area contributed by atoms with Crippen molar-refractivity contribution in [2.24, 2.45) is 5.84 Å². The number of nitrogen functional groups attached to an aromatic ring is 1. The van der Waals surface area contributed by atoms with Crippen molar-refractivity contribution in [2.75, 3.05) is 12.0 Å². The summed E-state index contributed by atoms with van der Waals surface area (Å²) in [7, 11) is 0. The molecule has 1 aromatic carbocycles. The Hall–Kier alpha value is -2.02. The first-order chi connectivity index (χ1) is 8.10. The summed E-state index contributed by atoms with van der Waals surface area (Å²) in [6.45, 7) is 2.93. The van der Waals surface area contributed by atoms with Crippen LogP contribution in [0.1, 0.15) is 19.8 Å². The van der Waals surface area contributed by atoms with Gasteiger partial charge >= 0.3 is 0 Å². The third-order valence-corrected chi connectivity index (χ3v) is 1.79. The molecule has 1 rings (SSSR count). The fourth-order valence-electron chi connectivity index (χ4n) is 0.982. The number of hydrogen-bond acceptors (Lipinski definition) is 5. The zero-order valence-electron chi connectivity index (χ0n) is 9.63. The molecule has 0 unspecified atom stereocenters. The van der Waals surface area contributed by atoms with Crippen molar-refractivity contribution in [3.63, 3.8) is 0 Å². The molecule has 0 saturated heterocycles. The normalized spacial score (nSPS) is 8.82. The van der Waals surface area contributed by atoms with E-state index in [1.54, 1.807) is 0 Å². The van der Waals surface area contributed by atoms with E-state index < -0.39 is 5.09 Å². The largest absolute Gasteiger partial charge is 0.494 e. The maximum absolute atomic E-state index is 8.36. The van der Waals surface area contributed by atoms with Crippen LogP contribution < -0.4 is 16.0 Å². The molecule has 0 aliphatic rings. The maximum atomic E-state index is 8.36. The molecule has 0 aliphatic heterocycles. The van der Waals surface area contributed by atoms with Crippen molar-refractivity contribution in [3.8, 4) is 5.75 Å². The third-order valence-electron chi connectivity index (χ3n) is 1.79. The maximum Gasteiger partial charge on any atom is 0.291 e. The first-order valence-corrected chi connectivity index (χ1v) is 5.13. The van der Waals surface area contributed by atoms with Gasteiger partial charge in [-0.2, -0.15) is 0 Å². The first kappa shape index (κ1) is 15.0. The van der Waals surface area contributed by atoms with Crippen LogP contribution in [-0.4, -0.2) is 16.9 Å². The van der Waals surface area contributed by atoms with Crippen molar-refractivity contribution in [2.45, 2.75) is 19.8 Å². The number of anilines is 1. The first-order valence-electron chi connectivity index (χ1n) is 5.13. The van der Waals surface area contributed by atoms with Gasteiger partial charge in [-0.3, -0.25) is 5.84 Å². The minimum Gasteiger partial charge on any atom is -0.494 e. The van der Waals surface area contributed by atoms with E-state index in [4.69, 9.17) is 25.9 Å². The Bertz CT molecular complexity index is 312. The quantitative estimate of drug-likeness (QED) is 0.315. The minimum atomic E-state index is -1.50. The fraction of sp³-hybridized carbons (Fsp3) is 0.400. The van der Waals surface area contributed by atoms with E-state index in [1.807, 2.05) is 24.3 Å². The van der Waals surface area contributed by atoms with Crippen molar-refractivity contribution < 1.29 is 15.0 Å². The van der Waals surface area contributed by atoms with E-state index in [9.17, 15) is 0 Å². The standard InChI is InChI=1S/C10H16N2O.HNO3/c1-2-3-8-13-10-6-4-9(12-11)5-7-10;2-1(3)4/h4-7,12H,2-3,8,11H2,1H3;(H,2,3,4). The summed E-state index contributed by atoms with van der Waals surface area (Å²) in [5, 5.41) is 13.6. The Balaban J connectivity index is 0.000000557. The van der Waals surface area contributed by atoms with Crippen LogP contribution in [0.2, 0.25) is 0 Å². The van der Waals surface area contributed by atoms with E-state index in [1.165, 1.54) is 0 Å². The van der Waals surface area contributed by atoms with Gasteiger partial charge in [-0.25, -0.2) is 0 Å². The van der Waals surface area contributed by atoms with Crippen LogP contribution >= 0.6 is 0 Å². The van der Waals surface area contributed by atoms with Crippen molar-refractivity contribution >= 4 is 5.69 Å². The van der Waals surface area contributed by atoms with Crippen LogP contribution in [0.3, 0.4) is 0 Å². The number of ether oxygens (including phenoxy) is 1. The molecule has 4 N–H and O–H groups in total. The van der Waals surface area contributed by atoms with Crippen LogP contribution in [0.4, 0.5) is 5.69 Å². The fourth-order valence-corrected chi connectivity index (χ4v) is 0.982. The van der Waals surface area contributed by atoms with Crippen LogP contribution in [0, 0.1) is 10.1 Å². The van der Waals surface area contributed by atoms with Gasteiger partial charge in [0.15, 0.2) is 0 Å². The lowest BCUT2D eigenvalue weighted by molar-refractivity contribution is -0.742. The molecule has 0 aromatic heterocycles. The number of rotatable bonds is 5. The summed E-state index contributed by atoms with van der Waals surface area (Å²) < 4.78 is 5.48. The van der Waals surface area contributed by atoms with Gasteiger partial charge in [0.1, 0.15) is 5.75 Å². The van der Waals surface area contributed by atoms with Gasteiger partial charge in [0.05, 0.1) is 6.61 Å². The van der Waals surface area contributed by atoms with E-state index in [2.05, 4.69) is 12.3 Å². The molecule has 0 atom stereocenters. The number of hydrogen-bond donors (Lipinski definition) is 3. The molecule has 17 heavy (non-hydrogen) atoms. The topological polar surface area (TPSA) is 111 Å². The van der Waals surface area contributed by atoms with E-state index in [0.717, 1.165) is 30.9 Å². The zero-order chi connectivity index (χ0) is 13.1. The summed E-state index contributed by atoms with van der Waals surface area (Å²) in [5.41, 5.74) is 3.46. The van der Waals surface area contributed by atoms with Crippen LogP contribution in [0.5, 0.6) is 5.75 Å². The average Bonchev–Trinajstić information content (AvgIpc) is 2.30. The van der Waals surface area contributed by atoms with Gasteiger partial charge < -0.3 is 15.4 Å². The lowest BCUT2D eigenvalue weighted by atomic mass is 10.3. The Morgan fingerprint density at radius 2 is 2.00 bits per heavy atom. The van der Waals surface area contributed by atoms with Crippen LogP contribution in [0.25, 0.3) is 0 Å². The molecule has 0 spiro atoms. The molecule has 0 amide bonds. The van der Waals surface area contributed by atoms with Crippen molar-refractivity contribution in [1.29, 1.82) is 0 Å². The molecular formula is C10H17N3O4. The molecule has 1 aromatic rings. The molecule has 0 fully saturated rings. The molecule has 7 heteroatoms. The molecular weight excluding hydrogens is 226 g/mol. The number of unbranched alkanes of at least 4 members (excludes halogenated alkanes) is 1. The number of hydrazine groups is 1. The SMILES string of the molecule is CCCCOc1ccc(NN)cc1.O=[N+]([O-])O. The highest BCUT2D eigenvalue weighted by Crippen LogP contribution is 2.14. The second-order valence-electron chi connectivity index (χ2n) is 3.11. The molecule has 0 heterocycles. The Kier molecular flexibility index (Phi) is 8.13. The van der Waals surface area contributed by atoms with E-state index >= 15 is 0 Å². The second kappa shape index (κ2) is 9.22. The molecule has 0 saturated carbocycles. The summed E-state index contributed by atoms with van der Waals surface area (Å²) in [6.07, 6.45) is 2.25. The van der Waals surface area contributed by atoms with Gasteiger partial charge in [-0.1, -0.05) is 13.3 Å². The summed E-state index contributed by atoms with van der Waals surface area (Å²) in [4.78, 5) is 8.36. The van der Waals surface area contributed by atoms with Crippen LogP contribution in [0.15, 0.2) is 24.3 Å². The Morgan fingerprint density at radius 1 is 1.47 bits per heavy atom. The number of nitrogens with two attached hydrogens (primary N) is 1. The molecule has 0 radical (unpaired) electrons. The number of benzene rings is 1. The smallest absolute Gasteiger partial charge is 0.291 e. The van der Waals surface area contributed by atoms with Crippen LogP contribution in [-0.2, 0) is 0 Å². The number of nitrogens with one attached hydrogen (secondary N) is 1. The summed E-state index contributed by atoms with van der Waals surface area (Å²) in [5.74, 6) is 6.13. The highest BCUT2D eigenvalue weighted by atomic mass is 16.9. The third kappa shape index (κ3) is 8.94. The lowest BCUT2D eigenvalue weighted by Crippen LogP contribution is -2.06. The minimum absolute atomic E-state index is 0.784. The van der Waals surface area contributed by atoms with Gasteiger partial charge in [0.25, 0.3) is 5.09 Å². The van der Waals surface area contributed by atoms with Crippen molar-refractivity contribution in [3.05, 3.63) is 34.4 Å². The second-order valence-corrected chi connectivity index (χ2v) is 3.11. The lowest BCUT2D eigenvalue weighted by Gasteiger charge is -2.05. The van der Waals surface area contributed by atoms with Gasteiger partial charge in [0, 0.05) is 5.69 Å².